The summed E-state index contributed by atoms with van der Waals surface area (Å²) in [6.45, 7) is 4.59. The first-order chi connectivity index (χ1) is 13.3. The minimum atomic E-state index is -0.626. The van der Waals surface area contributed by atoms with Gasteiger partial charge < -0.3 is 10.2 Å². The molecule has 2 aromatic carbocycles. The van der Waals surface area contributed by atoms with E-state index in [1.54, 1.807) is 30.0 Å². The number of halogens is 3. The molecule has 0 unspecified atom stereocenters. The van der Waals surface area contributed by atoms with Crippen LogP contribution in [0, 0.1) is 0 Å². The maximum atomic E-state index is 13.1. The Morgan fingerprint density at radius 3 is 2.39 bits per heavy atom. The van der Waals surface area contributed by atoms with Gasteiger partial charge in [0.15, 0.2) is 0 Å². The van der Waals surface area contributed by atoms with E-state index in [0.717, 1.165) is 16.5 Å². The fourth-order valence-corrected chi connectivity index (χ4v) is 3.74. The molecule has 0 fully saturated rings. The molecule has 0 aliphatic heterocycles. The molecule has 2 amide bonds. The zero-order chi connectivity index (χ0) is 20.7. The number of benzene rings is 2. The first kappa shape index (κ1) is 22.7. The van der Waals surface area contributed by atoms with Crippen molar-refractivity contribution >= 4 is 50.9 Å². The molecule has 0 radical (unpaired) electrons. The van der Waals surface area contributed by atoms with Crippen LogP contribution < -0.4 is 5.32 Å². The highest BCUT2D eigenvalue weighted by Crippen LogP contribution is 2.26. The van der Waals surface area contributed by atoms with E-state index in [-0.39, 0.29) is 18.2 Å². The molecule has 7 heteroatoms. The fraction of sp³-hybridized carbons (Fsp3) is 0.333. The summed E-state index contributed by atoms with van der Waals surface area (Å²) in [4.78, 5) is 27.2. The lowest BCUT2D eigenvalue weighted by atomic mass is 10.1. The topological polar surface area (TPSA) is 49.4 Å². The van der Waals surface area contributed by atoms with Crippen LogP contribution in [0.1, 0.15) is 31.4 Å². The highest BCUT2D eigenvalue weighted by atomic mass is 79.9. The van der Waals surface area contributed by atoms with Gasteiger partial charge in [0.25, 0.3) is 0 Å². The highest BCUT2D eigenvalue weighted by molar-refractivity contribution is 9.10. The van der Waals surface area contributed by atoms with Gasteiger partial charge in [-0.1, -0.05) is 64.3 Å². The van der Waals surface area contributed by atoms with Crippen molar-refractivity contribution in [2.24, 2.45) is 0 Å². The molecule has 0 saturated carbocycles. The van der Waals surface area contributed by atoms with E-state index < -0.39 is 6.04 Å². The summed E-state index contributed by atoms with van der Waals surface area (Å²) < 4.78 is 0.912. The Labute approximate surface area is 184 Å². The Kier molecular flexibility index (Phi) is 8.80. The van der Waals surface area contributed by atoms with E-state index >= 15 is 0 Å². The average Bonchev–Trinajstić information content (AvgIpc) is 2.66. The summed E-state index contributed by atoms with van der Waals surface area (Å²) in [5, 5.41) is 3.73. The second-order valence-corrected chi connectivity index (χ2v) is 8.23. The van der Waals surface area contributed by atoms with Crippen molar-refractivity contribution in [3.05, 3.63) is 68.1 Å². The zero-order valence-corrected chi connectivity index (χ0v) is 18.9. The number of rotatable bonds is 8. The summed E-state index contributed by atoms with van der Waals surface area (Å²) in [5.41, 5.74) is 1.49. The molecule has 150 valence electrons. The Hall–Kier alpha value is -1.56. The lowest BCUT2D eigenvalue weighted by molar-refractivity contribution is -0.140. The number of hydrogen-bond acceptors (Lipinski definition) is 2. The third-order valence-corrected chi connectivity index (χ3v) is 5.55. The van der Waals surface area contributed by atoms with E-state index in [1.165, 1.54) is 0 Å². The van der Waals surface area contributed by atoms with Gasteiger partial charge in [-0.15, -0.1) is 0 Å². The quantitative estimate of drug-likeness (QED) is 0.555. The molecule has 1 N–H and O–H groups in total. The Morgan fingerprint density at radius 2 is 1.79 bits per heavy atom. The van der Waals surface area contributed by atoms with Crippen molar-refractivity contribution < 1.29 is 9.59 Å². The van der Waals surface area contributed by atoms with Gasteiger partial charge in [0.1, 0.15) is 6.04 Å². The molecule has 4 nitrogen and oxygen atoms in total. The number of nitrogens with zero attached hydrogens (tertiary/aromatic N) is 1. The predicted molar refractivity (Wildman–Crippen MR) is 118 cm³/mol. The third-order valence-electron chi connectivity index (χ3n) is 4.35. The van der Waals surface area contributed by atoms with Crippen LogP contribution in [0.4, 0.5) is 0 Å². The van der Waals surface area contributed by atoms with Gasteiger partial charge in [0.2, 0.25) is 11.8 Å². The van der Waals surface area contributed by atoms with E-state index in [4.69, 9.17) is 23.2 Å². The number of nitrogens with one attached hydrogen (secondary N) is 1. The largest absolute Gasteiger partial charge is 0.354 e. The van der Waals surface area contributed by atoms with Crippen LogP contribution in [0.15, 0.2) is 46.9 Å². The zero-order valence-electron chi connectivity index (χ0n) is 15.8. The molecule has 0 bridgehead atoms. The third kappa shape index (κ3) is 6.23. The first-order valence-corrected chi connectivity index (χ1v) is 10.6. The highest BCUT2D eigenvalue weighted by Gasteiger charge is 2.27. The molecule has 0 aliphatic carbocycles. The average molecular weight is 486 g/mol. The van der Waals surface area contributed by atoms with Crippen LogP contribution in [0.5, 0.6) is 0 Å². The molecule has 0 aromatic heterocycles. The molecule has 2 rings (SSSR count). The van der Waals surface area contributed by atoms with Crippen LogP contribution in [0.2, 0.25) is 10.0 Å². The van der Waals surface area contributed by atoms with Crippen molar-refractivity contribution in [3.8, 4) is 0 Å². The Morgan fingerprint density at radius 1 is 1.14 bits per heavy atom. The number of amides is 2. The maximum Gasteiger partial charge on any atom is 0.242 e. The van der Waals surface area contributed by atoms with Crippen LogP contribution >= 0.6 is 39.1 Å². The van der Waals surface area contributed by atoms with Crippen molar-refractivity contribution in [2.75, 3.05) is 6.54 Å². The second kappa shape index (κ2) is 10.8. The Balaban J connectivity index is 2.28. The molecule has 0 spiro atoms. The molecule has 28 heavy (non-hydrogen) atoms. The summed E-state index contributed by atoms with van der Waals surface area (Å²) >= 11 is 15.9. The standard InChI is InChI=1S/C21H23BrCl2N2O2/c1-3-10-25-21(28)14(2)26(13-15-6-4-7-16(22)11-15)20(27)12-17-18(23)8-5-9-19(17)24/h4-9,11,14H,3,10,12-13H2,1-2H3,(H,25,28)/t14-/m0/s1. The van der Waals surface area contributed by atoms with Gasteiger partial charge in [0.05, 0.1) is 6.42 Å². The van der Waals surface area contributed by atoms with Crippen LogP contribution in [-0.4, -0.2) is 29.3 Å². The van der Waals surface area contributed by atoms with Crippen LogP contribution in [0.25, 0.3) is 0 Å². The SMILES string of the molecule is CCCNC(=O)[C@H](C)N(Cc1cccc(Br)c1)C(=O)Cc1c(Cl)cccc1Cl. The molecule has 0 aliphatic rings. The van der Waals surface area contributed by atoms with Crippen LogP contribution in [0.3, 0.4) is 0 Å². The minimum Gasteiger partial charge on any atom is -0.354 e. The Bertz CT molecular complexity index is 825. The second-order valence-electron chi connectivity index (χ2n) is 6.50. The van der Waals surface area contributed by atoms with Gasteiger partial charge in [-0.2, -0.15) is 0 Å². The summed E-state index contributed by atoms with van der Waals surface area (Å²) in [5.74, 6) is -0.399. The van der Waals surface area contributed by atoms with Gasteiger partial charge >= 0.3 is 0 Å². The summed E-state index contributed by atoms with van der Waals surface area (Å²) in [7, 11) is 0. The van der Waals surface area contributed by atoms with Crippen molar-refractivity contribution in [2.45, 2.75) is 39.3 Å². The van der Waals surface area contributed by atoms with Crippen molar-refractivity contribution in [3.63, 3.8) is 0 Å². The van der Waals surface area contributed by atoms with Crippen molar-refractivity contribution in [1.29, 1.82) is 0 Å². The molecule has 2 aromatic rings. The van der Waals surface area contributed by atoms with Crippen LogP contribution in [-0.2, 0) is 22.6 Å². The van der Waals surface area contributed by atoms with Gasteiger partial charge in [-0.05, 0) is 48.7 Å². The lowest BCUT2D eigenvalue weighted by Crippen LogP contribution is -2.48. The molecule has 0 saturated heterocycles. The van der Waals surface area contributed by atoms with Crippen molar-refractivity contribution in [1.82, 2.24) is 10.2 Å². The fourth-order valence-electron chi connectivity index (χ4n) is 2.76. The van der Waals surface area contributed by atoms with E-state index in [9.17, 15) is 9.59 Å². The minimum absolute atomic E-state index is 0.0257. The molecular formula is C21H23BrCl2N2O2. The van der Waals surface area contributed by atoms with E-state index in [0.29, 0.717) is 28.7 Å². The number of carbonyl (C=O) groups is 2. The van der Waals surface area contributed by atoms with Gasteiger partial charge in [0, 0.05) is 27.6 Å². The smallest absolute Gasteiger partial charge is 0.242 e. The summed E-state index contributed by atoms with van der Waals surface area (Å²) in [6.07, 6.45) is 0.852. The van der Waals surface area contributed by atoms with E-state index in [2.05, 4.69) is 21.2 Å². The monoisotopic (exact) mass is 484 g/mol. The molecular weight excluding hydrogens is 463 g/mol. The molecule has 0 heterocycles. The maximum absolute atomic E-state index is 13.1. The van der Waals surface area contributed by atoms with Gasteiger partial charge in [-0.3, -0.25) is 9.59 Å². The predicted octanol–water partition coefficient (Wildman–Crippen LogP) is 5.24. The van der Waals surface area contributed by atoms with E-state index in [1.807, 2.05) is 31.2 Å². The normalized spacial score (nSPS) is 11.8. The first-order valence-electron chi connectivity index (χ1n) is 9.08. The van der Waals surface area contributed by atoms with Gasteiger partial charge in [-0.25, -0.2) is 0 Å². The lowest BCUT2D eigenvalue weighted by Gasteiger charge is -2.29. The molecule has 1 atom stereocenters. The number of carbonyl (C=O) groups excluding carboxylic acids is 2. The number of hydrogen-bond donors (Lipinski definition) is 1. The summed E-state index contributed by atoms with van der Waals surface area (Å²) in [6, 6.07) is 12.2.